The fraction of sp³-hybridized carbons (Fsp3) is 0.556. The first-order chi connectivity index (χ1) is 13.4. The van der Waals surface area contributed by atoms with Crippen LogP contribution in [-0.4, -0.2) is 48.8 Å². The number of methoxy groups -OCH3 is 1. The predicted octanol–water partition coefficient (Wildman–Crippen LogP) is 1.50. The van der Waals surface area contributed by atoms with Crippen LogP contribution in [0.25, 0.3) is 0 Å². The van der Waals surface area contributed by atoms with Gasteiger partial charge in [0, 0.05) is 31.1 Å². The van der Waals surface area contributed by atoms with E-state index in [1.54, 1.807) is 0 Å². The summed E-state index contributed by atoms with van der Waals surface area (Å²) in [4.78, 5) is 0.920. The highest BCUT2D eigenvalue weighted by atomic mass is 16.5. The maximum atomic E-state index is 10.7. The van der Waals surface area contributed by atoms with E-state index in [2.05, 4.69) is 0 Å². The number of ether oxygens (including phenoxy) is 2. The minimum absolute atomic E-state index is 0.116. The van der Waals surface area contributed by atoms with E-state index in [4.69, 9.17) is 17.7 Å². The Bertz CT molecular complexity index is 950. The van der Waals surface area contributed by atoms with Gasteiger partial charge in [0.1, 0.15) is 12.2 Å². The Morgan fingerprint density at radius 3 is 3.27 bits per heavy atom. The van der Waals surface area contributed by atoms with Crippen LogP contribution in [0, 0.1) is 5.92 Å². The van der Waals surface area contributed by atoms with Crippen molar-refractivity contribution in [1.82, 2.24) is 4.90 Å². The number of benzene rings is 1. The van der Waals surface area contributed by atoms with Crippen molar-refractivity contribution in [1.29, 1.82) is 0 Å². The standard InChI is InChI=1S/C18H21NO3/c1-19-8-7-18-11-4-5-13(20)17(18)22-16-14(21-2)6-3-10(15(16)18)9-12(11)19/h3-6,11-13,17,20H,7-9H2,1-2H3/t11-,12+,13?,17?,18-/m0/s1/i1D3,9D2,12D,17D. The zero-order valence-electron chi connectivity index (χ0n) is 19.1. The van der Waals surface area contributed by atoms with Crippen molar-refractivity contribution < 1.29 is 24.2 Å². The summed E-state index contributed by atoms with van der Waals surface area (Å²) in [7, 11) is 1.44. The van der Waals surface area contributed by atoms with Gasteiger partial charge in [0.25, 0.3) is 0 Å². The molecule has 1 spiro atoms. The fourth-order valence-electron chi connectivity index (χ4n) is 4.39. The van der Waals surface area contributed by atoms with Gasteiger partial charge >= 0.3 is 0 Å². The number of likely N-dealkylation sites (tertiary alicyclic amines) is 1. The molecule has 1 N–H and O–H groups in total. The van der Waals surface area contributed by atoms with Crippen LogP contribution in [0.1, 0.15) is 27.1 Å². The molecule has 2 heterocycles. The van der Waals surface area contributed by atoms with Crippen molar-refractivity contribution in [3.8, 4) is 11.5 Å². The molecule has 5 rings (SSSR count). The molecule has 4 nitrogen and oxygen atoms in total. The van der Waals surface area contributed by atoms with Crippen molar-refractivity contribution in [3.05, 3.63) is 35.4 Å². The zero-order valence-corrected chi connectivity index (χ0v) is 12.1. The van der Waals surface area contributed by atoms with Crippen LogP contribution in [0.3, 0.4) is 0 Å². The van der Waals surface area contributed by atoms with Gasteiger partial charge in [0.05, 0.1) is 8.48 Å². The Morgan fingerprint density at radius 2 is 2.45 bits per heavy atom. The molecule has 0 amide bonds. The number of likely N-dealkylation sites (N-methyl/N-ethyl adjacent to an activating group) is 1. The van der Waals surface area contributed by atoms with Crippen LogP contribution in [0.4, 0.5) is 0 Å². The summed E-state index contributed by atoms with van der Waals surface area (Å²) in [6.45, 7) is -2.83. The van der Waals surface area contributed by atoms with Gasteiger partial charge in [0.15, 0.2) is 11.5 Å². The monoisotopic (exact) mass is 306 g/mol. The Labute approximate surface area is 140 Å². The van der Waals surface area contributed by atoms with Gasteiger partial charge in [-0.2, -0.15) is 0 Å². The number of piperidine rings is 1. The van der Waals surface area contributed by atoms with E-state index in [1.807, 2.05) is 0 Å². The molecule has 116 valence electrons. The number of aliphatic hydroxyl groups is 1. The Hall–Kier alpha value is -1.52. The molecule has 1 aromatic rings. The second-order valence-electron chi connectivity index (χ2n) is 6.18. The summed E-state index contributed by atoms with van der Waals surface area (Å²) in [6, 6.07) is 0.774. The van der Waals surface area contributed by atoms with Crippen molar-refractivity contribution in [3.63, 3.8) is 0 Å². The van der Waals surface area contributed by atoms with E-state index in [0.29, 0.717) is 11.3 Å². The van der Waals surface area contributed by atoms with E-state index in [-0.39, 0.29) is 24.3 Å². The molecule has 1 fully saturated rings. The molecule has 0 radical (unpaired) electrons. The maximum absolute atomic E-state index is 10.7. The normalized spacial score (nSPS) is 55.3. The molecular weight excluding hydrogens is 278 g/mol. The van der Waals surface area contributed by atoms with E-state index in [0.717, 1.165) is 4.90 Å². The van der Waals surface area contributed by atoms with Crippen LogP contribution in [0.5, 0.6) is 11.5 Å². The molecule has 2 aliphatic heterocycles. The predicted molar refractivity (Wildman–Crippen MR) is 82.5 cm³/mol. The lowest BCUT2D eigenvalue weighted by molar-refractivity contribution is -0.0453. The number of aliphatic hydroxyl groups excluding tert-OH is 1. The molecule has 2 unspecified atom stereocenters. The van der Waals surface area contributed by atoms with Crippen molar-refractivity contribution in [2.75, 3.05) is 20.6 Å². The molecular formula is C18H21NO3. The average molecular weight is 306 g/mol. The summed E-state index contributed by atoms with van der Waals surface area (Å²) >= 11 is 0. The summed E-state index contributed by atoms with van der Waals surface area (Å²) in [5.74, 6) is -0.501. The van der Waals surface area contributed by atoms with Crippen LogP contribution in [0.2, 0.25) is 0 Å². The lowest BCUT2D eigenvalue weighted by Gasteiger charge is -2.56. The lowest BCUT2D eigenvalue weighted by atomic mass is 9.53. The van der Waals surface area contributed by atoms with Crippen LogP contribution < -0.4 is 9.47 Å². The number of nitrogens with zero attached hydrogens (tertiary/aromatic N) is 1. The van der Waals surface area contributed by atoms with Crippen molar-refractivity contribution >= 4 is 0 Å². The second kappa shape index (κ2) is 4.06. The summed E-state index contributed by atoms with van der Waals surface area (Å²) in [6.07, 6.45) is -2.67. The largest absolute Gasteiger partial charge is 0.493 e. The third-order valence-electron chi connectivity index (χ3n) is 5.30. The second-order valence-corrected chi connectivity index (χ2v) is 6.18. The maximum Gasteiger partial charge on any atom is 0.165 e. The zero-order chi connectivity index (χ0) is 21.2. The highest BCUT2D eigenvalue weighted by Gasteiger charge is 2.64. The molecule has 4 aliphatic rings. The summed E-state index contributed by atoms with van der Waals surface area (Å²) in [5.41, 5.74) is -0.737. The first kappa shape index (κ1) is 7.84. The summed E-state index contributed by atoms with van der Waals surface area (Å²) < 4.78 is 71.4. The summed E-state index contributed by atoms with van der Waals surface area (Å²) in [5, 5.41) is 10.7. The van der Waals surface area contributed by atoms with E-state index in [1.165, 1.54) is 31.4 Å². The van der Waals surface area contributed by atoms with E-state index in [9.17, 15) is 6.48 Å². The molecule has 22 heavy (non-hydrogen) atoms. The van der Waals surface area contributed by atoms with Gasteiger partial charge in [0.2, 0.25) is 0 Å². The van der Waals surface area contributed by atoms with Gasteiger partial charge in [-0.05, 0) is 37.9 Å². The molecule has 1 saturated heterocycles. The van der Waals surface area contributed by atoms with Gasteiger partial charge in [-0.15, -0.1) is 0 Å². The van der Waals surface area contributed by atoms with Gasteiger partial charge < -0.3 is 19.5 Å². The molecule has 2 bridgehead atoms. The number of hydrogen-bond donors (Lipinski definition) is 1. The quantitative estimate of drug-likeness (QED) is 0.799. The third-order valence-corrected chi connectivity index (χ3v) is 5.30. The molecule has 5 atom stereocenters. The minimum Gasteiger partial charge on any atom is -0.493 e. The average Bonchev–Trinajstić information content (AvgIpc) is 2.89. The van der Waals surface area contributed by atoms with Gasteiger partial charge in [-0.1, -0.05) is 18.2 Å². The van der Waals surface area contributed by atoms with Crippen molar-refractivity contribution in [2.45, 2.75) is 36.4 Å². The number of hydrogen-bond acceptors (Lipinski definition) is 4. The van der Waals surface area contributed by atoms with Crippen LogP contribution in [-0.2, 0) is 11.8 Å². The van der Waals surface area contributed by atoms with Crippen LogP contribution in [0.15, 0.2) is 24.3 Å². The van der Waals surface area contributed by atoms with Crippen molar-refractivity contribution in [2.24, 2.45) is 5.92 Å². The van der Waals surface area contributed by atoms with E-state index >= 15 is 0 Å². The third kappa shape index (κ3) is 1.28. The Morgan fingerprint density at radius 1 is 1.55 bits per heavy atom. The SMILES string of the molecule is [2H]C([2H])([2H])N1CC[C@]23c4c5ccc(OC)c4OC2([2H])C(O)C=C[C@H]3[C@@]1([2H])C5([2H])[2H]. The van der Waals surface area contributed by atoms with Gasteiger partial charge in [-0.25, -0.2) is 0 Å². The lowest BCUT2D eigenvalue weighted by Crippen LogP contribution is -2.64. The molecule has 0 aromatic heterocycles. The highest BCUT2D eigenvalue weighted by molar-refractivity contribution is 5.62. The van der Waals surface area contributed by atoms with Crippen LogP contribution >= 0.6 is 0 Å². The molecule has 0 saturated carbocycles. The molecule has 1 aromatic carbocycles. The van der Waals surface area contributed by atoms with Gasteiger partial charge in [-0.3, -0.25) is 0 Å². The fourth-order valence-corrected chi connectivity index (χ4v) is 4.39. The number of rotatable bonds is 1. The first-order valence-electron chi connectivity index (χ1n) is 10.9. The Balaban J connectivity index is 1.93. The van der Waals surface area contributed by atoms with E-state index < -0.39 is 42.9 Å². The molecule has 2 aliphatic carbocycles. The topological polar surface area (TPSA) is 41.9 Å². The smallest absolute Gasteiger partial charge is 0.165 e. The molecule has 4 heteroatoms. The Kier molecular flexibility index (Phi) is 1.45. The highest BCUT2D eigenvalue weighted by Crippen LogP contribution is 2.62. The first-order valence-corrected chi connectivity index (χ1v) is 7.42. The minimum atomic E-state index is -2.70.